The standard InChI is InChI=1S/C42H45N9O6S/c1-48-39-31(38(41(48)55)32-20-21-36(52)46-40(32)54)7-5-8-33(39)43-22-4-3-11-37(53)50-25-23-49(24-26-50)29-16-14-28(15-17-29)44-42-45-35-10-6-9-34(51(35)47-42)27-12-18-30(19-13-27)58(2,56)57/h5-10,12-19,32,38,43H,3-4,11,20-26H2,1-2H3,(H,44,47)(H,46,52,54). The second-order valence-corrected chi connectivity index (χ2v) is 17.0. The Hall–Kier alpha value is -6.29. The largest absolute Gasteiger partial charge is 0.383 e. The van der Waals surface area contributed by atoms with Crippen LogP contribution in [0.4, 0.5) is 28.7 Å². The Morgan fingerprint density at radius 2 is 1.64 bits per heavy atom. The molecule has 2 unspecified atom stereocenters. The predicted octanol–water partition coefficient (Wildman–Crippen LogP) is 4.59. The molecule has 15 nitrogen and oxygen atoms in total. The number of aromatic nitrogens is 3. The molecule has 3 N–H and O–H groups in total. The van der Waals surface area contributed by atoms with Crippen LogP contribution in [0.25, 0.3) is 16.9 Å². The van der Waals surface area contributed by atoms with E-state index < -0.39 is 27.6 Å². The first-order valence-electron chi connectivity index (χ1n) is 19.5. The number of carbonyl (C=O) groups is 4. The number of likely N-dealkylation sites (N-methyl/N-ethyl adjacent to an activating group) is 1. The second-order valence-electron chi connectivity index (χ2n) is 15.0. The number of anilines is 5. The number of carbonyl (C=O) groups excluding carboxylic acids is 4. The number of hydrogen-bond donors (Lipinski definition) is 3. The minimum absolute atomic E-state index is 0.145. The monoisotopic (exact) mass is 803 g/mol. The van der Waals surface area contributed by atoms with E-state index in [2.05, 4.69) is 30.9 Å². The van der Waals surface area contributed by atoms with E-state index in [9.17, 15) is 27.6 Å². The van der Waals surface area contributed by atoms with Gasteiger partial charge in [-0.2, -0.15) is 4.98 Å². The number of pyridine rings is 1. The van der Waals surface area contributed by atoms with Crippen molar-refractivity contribution in [3.63, 3.8) is 0 Å². The lowest BCUT2D eigenvalue weighted by molar-refractivity contribution is -0.139. The third-order valence-corrected chi connectivity index (χ3v) is 12.3. The summed E-state index contributed by atoms with van der Waals surface area (Å²) in [7, 11) is -1.58. The van der Waals surface area contributed by atoms with E-state index in [1.807, 2.05) is 65.6 Å². The lowest BCUT2D eigenvalue weighted by Crippen LogP contribution is -2.48. The van der Waals surface area contributed by atoms with Gasteiger partial charge >= 0.3 is 0 Å². The summed E-state index contributed by atoms with van der Waals surface area (Å²) < 4.78 is 25.5. The fourth-order valence-electron chi connectivity index (χ4n) is 8.13. The number of para-hydroxylation sites is 1. The highest BCUT2D eigenvalue weighted by molar-refractivity contribution is 7.90. The molecule has 4 amide bonds. The van der Waals surface area contributed by atoms with Crippen LogP contribution in [0, 0.1) is 5.92 Å². The molecular weight excluding hydrogens is 759 g/mol. The van der Waals surface area contributed by atoms with Gasteiger partial charge in [-0.05, 0) is 79.4 Å². The summed E-state index contributed by atoms with van der Waals surface area (Å²) in [6, 6.07) is 26.1. The molecule has 0 saturated carbocycles. The summed E-state index contributed by atoms with van der Waals surface area (Å²) in [6.07, 6.45) is 3.72. The van der Waals surface area contributed by atoms with Crippen molar-refractivity contribution < 1.29 is 27.6 Å². The number of rotatable bonds is 12. The number of piperazine rings is 1. The van der Waals surface area contributed by atoms with Crippen molar-refractivity contribution in [3.8, 4) is 11.3 Å². The molecule has 58 heavy (non-hydrogen) atoms. The summed E-state index contributed by atoms with van der Waals surface area (Å²) in [5.41, 5.74) is 6.52. The van der Waals surface area contributed by atoms with Gasteiger partial charge in [-0.15, -0.1) is 5.10 Å². The van der Waals surface area contributed by atoms with Crippen LogP contribution in [-0.4, -0.2) is 97.6 Å². The second kappa shape index (κ2) is 15.9. The van der Waals surface area contributed by atoms with Crippen molar-refractivity contribution in [1.29, 1.82) is 0 Å². The van der Waals surface area contributed by atoms with E-state index in [0.717, 1.165) is 65.5 Å². The number of nitrogens with one attached hydrogen (secondary N) is 3. The molecule has 3 aliphatic heterocycles. The van der Waals surface area contributed by atoms with Gasteiger partial charge in [-0.1, -0.05) is 30.3 Å². The Labute approximate surface area is 336 Å². The number of sulfone groups is 1. The number of imide groups is 1. The van der Waals surface area contributed by atoms with E-state index in [1.165, 1.54) is 6.26 Å². The summed E-state index contributed by atoms with van der Waals surface area (Å²) in [5.74, 6) is -1.45. The molecule has 2 atom stereocenters. The van der Waals surface area contributed by atoms with Gasteiger partial charge in [0, 0.05) is 75.8 Å². The number of hydrogen-bond acceptors (Lipinski definition) is 11. The number of unbranched alkanes of at least 4 members (excludes halogenated alkanes) is 1. The molecule has 300 valence electrons. The zero-order chi connectivity index (χ0) is 40.6. The number of benzene rings is 3. The van der Waals surface area contributed by atoms with Crippen LogP contribution < -0.4 is 25.8 Å². The topological polar surface area (TPSA) is 178 Å². The molecular formula is C42H45N9O6S. The molecule has 5 heterocycles. The Morgan fingerprint density at radius 3 is 2.36 bits per heavy atom. The fourth-order valence-corrected chi connectivity index (χ4v) is 8.76. The third-order valence-electron chi connectivity index (χ3n) is 11.2. The van der Waals surface area contributed by atoms with Crippen LogP contribution in [0.5, 0.6) is 0 Å². The Balaban J connectivity index is 0.793. The normalized spacial score (nSPS) is 18.4. The maximum absolute atomic E-state index is 13.3. The first kappa shape index (κ1) is 38.6. The zero-order valence-electron chi connectivity index (χ0n) is 32.3. The first-order valence-corrected chi connectivity index (χ1v) is 21.4. The molecule has 3 aliphatic rings. The molecule has 0 radical (unpaired) electrons. The number of piperidine rings is 1. The van der Waals surface area contributed by atoms with Crippen molar-refractivity contribution in [2.24, 2.45) is 5.92 Å². The lowest BCUT2D eigenvalue weighted by Gasteiger charge is -2.36. The summed E-state index contributed by atoms with van der Waals surface area (Å²) in [5, 5.41) is 13.8. The van der Waals surface area contributed by atoms with Crippen molar-refractivity contribution >= 4 is 67.8 Å². The fraction of sp³-hybridized carbons (Fsp3) is 0.333. The molecule has 0 spiro atoms. The van der Waals surface area contributed by atoms with Crippen molar-refractivity contribution in [2.45, 2.75) is 42.9 Å². The SMILES string of the molecule is CN1C(=O)C(C2CCC(=O)NC2=O)c2cccc(NCCCCC(=O)N3CCN(c4ccc(Nc5nc6cccc(-c7ccc(S(C)(=O)=O)cc7)n6n5)cc4)CC3)c21. The lowest BCUT2D eigenvalue weighted by atomic mass is 9.81. The van der Waals surface area contributed by atoms with Gasteiger partial charge in [0.25, 0.3) is 0 Å². The van der Waals surface area contributed by atoms with Gasteiger partial charge < -0.3 is 25.3 Å². The average molecular weight is 804 g/mol. The van der Waals surface area contributed by atoms with Crippen LogP contribution in [0.3, 0.4) is 0 Å². The van der Waals surface area contributed by atoms with E-state index in [0.29, 0.717) is 44.1 Å². The predicted molar refractivity (Wildman–Crippen MR) is 221 cm³/mol. The maximum Gasteiger partial charge on any atom is 0.247 e. The number of fused-ring (bicyclic) bond motifs is 2. The molecule has 2 fully saturated rings. The Bertz CT molecular complexity index is 2500. The molecule has 8 rings (SSSR count). The summed E-state index contributed by atoms with van der Waals surface area (Å²) in [4.78, 5) is 61.4. The van der Waals surface area contributed by atoms with E-state index >= 15 is 0 Å². The van der Waals surface area contributed by atoms with Crippen LogP contribution in [0.2, 0.25) is 0 Å². The van der Waals surface area contributed by atoms with E-state index in [1.54, 1.807) is 40.7 Å². The van der Waals surface area contributed by atoms with Gasteiger partial charge in [0.2, 0.25) is 29.6 Å². The molecule has 16 heteroatoms. The van der Waals surface area contributed by atoms with Gasteiger partial charge in [0.05, 0.1) is 33.8 Å². The average Bonchev–Trinajstić information content (AvgIpc) is 3.75. The van der Waals surface area contributed by atoms with Gasteiger partial charge in [-0.3, -0.25) is 24.5 Å². The molecule has 3 aromatic carbocycles. The maximum atomic E-state index is 13.3. The summed E-state index contributed by atoms with van der Waals surface area (Å²) >= 11 is 0. The zero-order valence-corrected chi connectivity index (χ0v) is 33.2. The minimum atomic E-state index is -3.30. The quantitative estimate of drug-likeness (QED) is 0.119. The number of amides is 4. The van der Waals surface area contributed by atoms with Crippen LogP contribution >= 0.6 is 0 Å². The molecule has 0 bridgehead atoms. The Kier molecular flexibility index (Phi) is 10.6. The Morgan fingerprint density at radius 1 is 0.897 bits per heavy atom. The van der Waals surface area contributed by atoms with E-state index in [-0.39, 0.29) is 29.0 Å². The van der Waals surface area contributed by atoms with Crippen molar-refractivity contribution in [2.75, 3.05) is 66.5 Å². The molecule has 2 saturated heterocycles. The molecule has 0 aliphatic carbocycles. The third kappa shape index (κ3) is 7.83. The van der Waals surface area contributed by atoms with Crippen LogP contribution in [-0.2, 0) is 29.0 Å². The molecule has 5 aromatic rings. The highest BCUT2D eigenvalue weighted by Gasteiger charge is 2.45. The van der Waals surface area contributed by atoms with Crippen molar-refractivity contribution in [3.05, 3.63) is 90.5 Å². The first-order chi connectivity index (χ1) is 27.9. The van der Waals surface area contributed by atoms with Crippen LogP contribution in [0.1, 0.15) is 43.6 Å². The van der Waals surface area contributed by atoms with Crippen LogP contribution in [0.15, 0.2) is 89.8 Å². The highest BCUT2D eigenvalue weighted by Crippen LogP contribution is 2.46. The minimum Gasteiger partial charge on any atom is -0.383 e. The summed E-state index contributed by atoms with van der Waals surface area (Å²) in [6.45, 7) is 3.38. The number of nitrogens with zero attached hydrogens (tertiary/aromatic N) is 6. The van der Waals surface area contributed by atoms with Gasteiger partial charge in [0.1, 0.15) is 0 Å². The van der Waals surface area contributed by atoms with Gasteiger partial charge in [0.15, 0.2) is 15.5 Å². The molecule has 2 aromatic heterocycles. The highest BCUT2D eigenvalue weighted by atomic mass is 32.2. The van der Waals surface area contributed by atoms with Gasteiger partial charge in [-0.25, -0.2) is 12.9 Å². The van der Waals surface area contributed by atoms with Crippen molar-refractivity contribution in [1.82, 2.24) is 24.8 Å². The van der Waals surface area contributed by atoms with E-state index in [4.69, 9.17) is 0 Å². The smallest absolute Gasteiger partial charge is 0.247 e.